The topological polar surface area (TPSA) is 83.8 Å². The number of hydrogen-bond acceptors (Lipinski definition) is 3. The van der Waals surface area contributed by atoms with Crippen LogP contribution in [-0.2, 0) is 11.2 Å². The number of aromatic carboxylic acids is 1. The predicted octanol–water partition coefficient (Wildman–Crippen LogP) is 1.41. The summed E-state index contributed by atoms with van der Waals surface area (Å²) in [7, 11) is 0. The van der Waals surface area contributed by atoms with E-state index in [9.17, 15) is 9.59 Å². The van der Waals surface area contributed by atoms with Gasteiger partial charge in [0.05, 0.1) is 13.0 Å². The summed E-state index contributed by atoms with van der Waals surface area (Å²) in [4.78, 5) is 21.3. The van der Waals surface area contributed by atoms with E-state index in [1.54, 1.807) is 6.92 Å². The lowest BCUT2D eigenvalue weighted by molar-refractivity contribution is -0.136. The minimum atomic E-state index is -1.09. The maximum atomic E-state index is 10.8. The van der Waals surface area contributed by atoms with E-state index in [2.05, 4.69) is 0 Å². The molecule has 0 aliphatic heterocycles. The Kier molecular flexibility index (Phi) is 3.88. The van der Waals surface area contributed by atoms with E-state index >= 15 is 0 Å². The number of carbonyl (C=O) groups is 2. The van der Waals surface area contributed by atoms with Crippen molar-refractivity contribution >= 4 is 11.9 Å². The molecule has 0 radical (unpaired) electrons. The van der Waals surface area contributed by atoms with Crippen molar-refractivity contribution in [3.05, 3.63) is 29.3 Å². The highest BCUT2D eigenvalue weighted by Gasteiger charge is 2.12. The van der Waals surface area contributed by atoms with Gasteiger partial charge in [0.15, 0.2) is 0 Å². The molecule has 0 bridgehead atoms. The summed E-state index contributed by atoms with van der Waals surface area (Å²) >= 11 is 0. The molecule has 0 aliphatic carbocycles. The van der Waals surface area contributed by atoms with Crippen LogP contribution in [0.1, 0.15) is 22.8 Å². The molecular weight excluding hydrogens is 212 g/mol. The minimum absolute atomic E-state index is 0.0380. The van der Waals surface area contributed by atoms with Crippen molar-refractivity contribution in [2.75, 3.05) is 6.61 Å². The van der Waals surface area contributed by atoms with Crippen molar-refractivity contribution in [2.24, 2.45) is 0 Å². The molecule has 0 spiro atoms. The zero-order chi connectivity index (χ0) is 12.1. The van der Waals surface area contributed by atoms with Crippen LogP contribution < -0.4 is 4.74 Å². The quantitative estimate of drug-likeness (QED) is 0.790. The predicted molar refractivity (Wildman–Crippen MR) is 55.9 cm³/mol. The van der Waals surface area contributed by atoms with E-state index in [4.69, 9.17) is 14.9 Å². The summed E-state index contributed by atoms with van der Waals surface area (Å²) in [6.07, 6.45) is -0.153. The highest BCUT2D eigenvalue weighted by atomic mass is 16.5. The second kappa shape index (κ2) is 5.16. The standard InChI is InChI=1S/C11H12O5/c1-2-16-9-5-7(6-10(12)13)3-4-8(9)11(14)15/h3-5H,2,6H2,1H3,(H,12,13)(H,14,15). The molecule has 1 aromatic rings. The maximum absolute atomic E-state index is 10.8. The first-order valence-corrected chi connectivity index (χ1v) is 4.75. The fraction of sp³-hybridized carbons (Fsp3) is 0.273. The minimum Gasteiger partial charge on any atom is -0.493 e. The van der Waals surface area contributed by atoms with Gasteiger partial charge in [-0.25, -0.2) is 4.79 Å². The molecule has 0 saturated carbocycles. The van der Waals surface area contributed by atoms with Crippen molar-refractivity contribution in [3.8, 4) is 5.75 Å². The fourth-order valence-electron chi connectivity index (χ4n) is 1.30. The third-order valence-corrected chi connectivity index (χ3v) is 1.93. The van der Waals surface area contributed by atoms with Crippen LogP contribution in [0.5, 0.6) is 5.75 Å². The second-order valence-electron chi connectivity index (χ2n) is 3.14. The average Bonchev–Trinajstić information content (AvgIpc) is 2.17. The molecule has 1 rings (SSSR count). The van der Waals surface area contributed by atoms with Gasteiger partial charge in [-0.3, -0.25) is 4.79 Å². The number of rotatable bonds is 5. The van der Waals surface area contributed by atoms with Gasteiger partial charge in [0.2, 0.25) is 0 Å². The van der Waals surface area contributed by atoms with Crippen molar-refractivity contribution in [2.45, 2.75) is 13.3 Å². The lowest BCUT2D eigenvalue weighted by atomic mass is 10.1. The summed E-state index contributed by atoms with van der Waals surface area (Å²) < 4.78 is 5.15. The van der Waals surface area contributed by atoms with Crippen LogP contribution in [0.15, 0.2) is 18.2 Å². The van der Waals surface area contributed by atoms with Gasteiger partial charge in [-0.1, -0.05) is 6.07 Å². The van der Waals surface area contributed by atoms with Crippen molar-refractivity contribution < 1.29 is 24.5 Å². The molecule has 0 saturated heterocycles. The van der Waals surface area contributed by atoms with Crippen LogP contribution in [0.3, 0.4) is 0 Å². The summed E-state index contributed by atoms with van der Waals surface area (Å²) in [5.74, 6) is -1.86. The normalized spacial score (nSPS) is 9.81. The van der Waals surface area contributed by atoms with E-state index in [0.29, 0.717) is 12.2 Å². The first kappa shape index (κ1) is 12.0. The number of benzene rings is 1. The van der Waals surface area contributed by atoms with Gasteiger partial charge in [0.1, 0.15) is 11.3 Å². The first-order chi connectivity index (χ1) is 7.54. The van der Waals surface area contributed by atoms with Crippen LogP contribution in [0.2, 0.25) is 0 Å². The second-order valence-corrected chi connectivity index (χ2v) is 3.14. The zero-order valence-corrected chi connectivity index (χ0v) is 8.77. The molecule has 0 aromatic heterocycles. The molecular formula is C11H12O5. The summed E-state index contributed by atoms with van der Waals surface area (Å²) in [6, 6.07) is 4.27. The van der Waals surface area contributed by atoms with Gasteiger partial charge in [0.25, 0.3) is 0 Å². The molecule has 0 heterocycles. The summed E-state index contributed by atoms with van der Waals surface area (Å²) in [6.45, 7) is 2.06. The SMILES string of the molecule is CCOc1cc(CC(=O)O)ccc1C(=O)O. The Balaban J connectivity index is 3.06. The van der Waals surface area contributed by atoms with Crippen molar-refractivity contribution in [3.63, 3.8) is 0 Å². The highest BCUT2D eigenvalue weighted by molar-refractivity contribution is 5.91. The number of aliphatic carboxylic acids is 1. The van der Waals surface area contributed by atoms with E-state index in [1.165, 1.54) is 18.2 Å². The molecule has 16 heavy (non-hydrogen) atoms. The largest absolute Gasteiger partial charge is 0.493 e. The molecule has 5 nitrogen and oxygen atoms in total. The van der Waals surface area contributed by atoms with Crippen LogP contribution >= 0.6 is 0 Å². The Morgan fingerprint density at radius 1 is 1.31 bits per heavy atom. The van der Waals surface area contributed by atoms with Crippen molar-refractivity contribution in [1.29, 1.82) is 0 Å². The molecule has 0 fully saturated rings. The number of ether oxygens (including phenoxy) is 1. The Morgan fingerprint density at radius 3 is 2.50 bits per heavy atom. The van der Waals surface area contributed by atoms with Gasteiger partial charge in [-0.15, -0.1) is 0 Å². The third kappa shape index (κ3) is 2.98. The van der Waals surface area contributed by atoms with Gasteiger partial charge in [0, 0.05) is 0 Å². The molecule has 0 aliphatic rings. The number of hydrogen-bond donors (Lipinski definition) is 2. The molecule has 0 amide bonds. The highest BCUT2D eigenvalue weighted by Crippen LogP contribution is 2.21. The van der Waals surface area contributed by atoms with Gasteiger partial charge < -0.3 is 14.9 Å². The molecule has 5 heteroatoms. The van der Waals surface area contributed by atoms with Crippen molar-refractivity contribution in [1.82, 2.24) is 0 Å². The van der Waals surface area contributed by atoms with Crippen LogP contribution in [-0.4, -0.2) is 28.8 Å². The average molecular weight is 224 g/mol. The van der Waals surface area contributed by atoms with Gasteiger partial charge >= 0.3 is 11.9 Å². The van der Waals surface area contributed by atoms with E-state index in [0.717, 1.165) is 0 Å². The smallest absolute Gasteiger partial charge is 0.339 e. The Hall–Kier alpha value is -2.04. The van der Waals surface area contributed by atoms with Crippen LogP contribution in [0.25, 0.3) is 0 Å². The Labute approximate surface area is 92.3 Å². The van der Waals surface area contributed by atoms with E-state index in [-0.39, 0.29) is 17.7 Å². The molecule has 0 unspecified atom stereocenters. The summed E-state index contributed by atoms with van der Waals surface area (Å²) in [5, 5.41) is 17.5. The lowest BCUT2D eigenvalue weighted by Crippen LogP contribution is -2.05. The Morgan fingerprint density at radius 2 is 2.00 bits per heavy atom. The van der Waals surface area contributed by atoms with Gasteiger partial charge in [-0.2, -0.15) is 0 Å². The zero-order valence-electron chi connectivity index (χ0n) is 8.77. The lowest BCUT2D eigenvalue weighted by Gasteiger charge is -2.08. The molecule has 86 valence electrons. The maximum Gasteiger partial charge on any atom is 0.339 e. The van der Waals surface area contributed by atoms with E-state index < -0.39 is 11.9 Å². The van der Waals surface area contributed by atoms with E-state index in [1.807, 2.05) is 0 Å². The fourth-order valence-corrected chi connectivity index (χ4v) is 1.30. The van der Waals surface area contributed by atoms with Crippen LogP contribution in [0, 0.1) is 0 Å². The van der Waals surface area contributed by atoms with Crippen LogP contribution in [0.4, 0.5) is 0 Å². The van der Waals surface area contributed by atoms with Gasteiger partial charge in [-0.05, 0) is 24.6 Å². The molecule has 2 N–H and O–H groups in total. The molecule has 1 aromatic carbocycles. The Bertz CT molecular complexity index is 411. The number of carboxylic acids is 2. The monoisotopic (exact) mass is 224 g/mol. The molecule has 0 atom stereocenters. The third-order valence-electron chi connectivity index (χ3n) is 1.93. The summed E-state index contributed by atoms with van der Waals surface area (Å²) in [5.41, 5.74) is 0.553. The first-order valence-electron chi connectivity index (χ1n) is 4.75. The number of carboxylic acid groups (broad SMARTS) is 2.